The van der Waals surface area contributed by atoms with Gasteiger partial charge in [-0.3, -0.25) is 0 Å². The van der Waals surface area contributed by atoms with E-state index in [2.05, 4.69) is 0 Å². The van der Waals surface area contributed by atoms with Gasteiger partial charge in [0.05, 0.1) is 4.90 Å². The lowest BCUT2D eigenvalue weighted by molar-refractivity contribution is -0.0436. The number of sulfone groups is 1. The number of anilines is 1. The molecule has 2 N–H and O–H groups in total. The molecule has 0 spiro atoms. The van der Waals surface area contributed by atoms with Crippen LogP contribution in [0.1, 0.15) is 11.1 Å². The summed E-state index contributed by atoms with van der Waals surface area (Å²) in [5.41, 5.74) is 2.47. The first-order valence-electron chi connectivity index (χ1n) is 6.45. The Kier molecular flexibility index (Phi) is 4.46. The average molecular weight is 329 g/mol. The molecule has 3 nitrogen and oxygen atoms in total. The maximum absolute atomic E-state index is 12.6. The van der Waals surface area contributed by atoms with E-state index in [4.69, 9.17) is 5.73 Å². The van der Waals surface area contributed by atoms with Crippen LogP contribution in [0.15, 0.2) is 53.4 Å². The van der Waals surface area contributed by atoms with Crippen molar-refractivity contribution in [3.8, 4) is 0 Å². The van der Waals surface area contributed by atoms with E-state index in [0.717, 1.165) is 17.7 Å². The molecular formula is C15H14F3NO2S. The van der Waals surface area contributed by atoms with Gasteiger partial charge in [-0.1, -0.05) is 30.3 Å². The Hall–Kier alpha value is -2.02. The van der Waals surface area contributed by atoms with Gasteiger partial charge in [0.2, 0.25) is 0 Å². The van der Waals surface area contributed by atoms with Crippen molar-refractivity contribution < 1.29 is 21.6 Å². The lowest BCUT2D eigenvalue weighted by Gasteiger charge is -2.10. The van der Waals surface area contributed by atoms with Crippen molar-refractivity contribution in [3.05, 3.63) is 59.7 Å². The van der Waals surface area contributed by atoms with Crippen molar-refractivity contribution >= 4 is 15.5 Å². The summed E-state index contributed by atoms with van der Waals surface area (Å²) in [4.78, 5) is -0.737. The van der Waals surface area contributed by atoms with Gasteiger partial charge < -0.3 is 5.73 Å². The molecule has 0 fully saturated rings. The summed E-state index contributed by atoms with van der Waals surface area (Å²) in [6.07, 6.45) is 0.914. The fourth-order valence-electron chi connectivity index (χ4n) is 2.04. The number of nitrogen functional groups attached to an aromatic ring is 1. The zero-order chi connectivity index (χ0) is 16.4. The minimum atomic E-state index is -5.31. The first-order valence-corrected chi connectivity index (χ1v) is 7.94. The quantitative estimate of drug-likeness (QED) is 0.875. The molecule has 0 amide bonds. The van der Waals surface area contributed by atoms with Crippen molar-refractivity contribution in [2.45, 2.75) is 23.2 Å². The fraction of sp³-hybridized carbons (Fsp3) is 0.200. The molecule has 0 atom stereocenters. The van der Waals surface area contributed by atoms with Crippen LogP contribution >= 0.6 is 0 Å². The highest BCUT2D eigenvalue weighted by molar-refractivity contribution is 7.92. The molecule has 0 radical (unpaired) electrons. The summed E-state index contributed by atoms with van der Waals surface area (Å²) in [7, 11) is -5.31. The van der Waals surface area contributed by atoms with Gasteiger partial charge in [0.1, 0.15) is 0 Å². The van der Waals surface area contributed by atoms with Crippen LogP contribution in [0.5, 0.6) is 0 Å². The van der Waals surface area contributed by atoms with Gasteiger partial charge in [0.25, 0.3) is 9.84 Å². The Morgan fingerprint density at radius 3 is 2.27 bits per heavy atom. The molecule has 2 aromatic carbocycles. The lowest BCUT2D eigenvalue weighted by Crippen LogP contribution is -2.23. The second kappa shape index (κ2) is 6.00. The van der Waals surface area contributed by atoms with E-state index in [9.17, 15) is 21.6 Å². The number of hydrogen-bond donors (Lipinski definition) is 1. The predicted octanol–water partition coefficient (Wildman–Crippen LogP) is 3.35. The monoisotopic (exact) mass is 329 g/mol. The first-order chi connectivity index (χ1) is 10.2. The number of nitrogens with two attached hydrogens (primary N) is 1. The van der Waals surface area contributed by atoms with E-state index in [1.165, 1.54) is 6.07 Å². The molecule has 7 heteroatoms. The maximum atomic E-state index is 12.6. The molecule has 22 heavy (non-hydrogen) atoms. The largest absolute Gasteiger partial charge is 0.501 e. The highest BCUT2D eigenvalue weighted by atomic mass is 32.2. The minimum absolute atomic E-state index is 0.398. The Balaban J connectivity index is 2.22. The van der Waals surface area contributed by atoms with Gasteiger partial charge in [-0.05, 0) is 42.2 Å². The molecule has 0 aromatic heterocycles. The molecule has 2 rings (SSSR count). The van der Waals surface area contributed by atoms with Crippen molar-refractivity contribution in [3.63, 3.8) is 0 Å². The summed E-state index contributed by atoms with van der Waals surface area (Å²) >= 11 is 0. The Bertz CT molecular complexity index is 770. The van der Waals surface area contributed by atoms with Crippen LogP contribution in [0, 0.1) is 0 Å². The SMILES string of the molecule is Nc1ccccc1CCc1cccc(S(=O)(=O)C(F)(F)F)c1. The van der Waals surface area contributed by atoms with Crippen molar-refractivity contribution in [2.75, 3.05) is 5.73 Å². The van der Waals surface area contributed by atoms with Crippen molar-refractivity contribution in [2.24, 2.45) is 0 Å². The molecular weight excluding hydrogens is 315 g/mol. The number of aryl methyl sites for hydroxylation is 2. The zero-order valence-corrected chi connectivity index (χ0v) is 12.3. The lowest BCUT2D eigenvalue weighted by atomic mass is 10.0. The Labute approximate surface area is 126 Å². The third kappa shape index (κ3) is 3.41. The zero-order valence-electron chi connectivity index (χ0n) is 11.5. The highest BCUT2D eigenvalue weighted by Crippen LogP contribution is 2.30. The summed E-state index contributed by atoms with van der Waals surface area (Å²) in [6.45, 7) is 0. The summed E-state index contributed by atoms with van der Waals surface area (Å²) in [5, 5.41) is 0. The molecule has 0 bridgehead atoms. The second-order valence-corrected chi connectivity index (χ2v) is 6.74. The van der Waals surface area contributed by atoms with E-state index in [1.807, 2.05) is 12.1 Å². The van der Waals surface area contributed by atoms with Crippen LogP contribution in [0.4, 0.5) is 18.9 Å². The van der Waals surface area contributed by atoms with Crippen molar-refractivity contribution in [1.29, 1.82) is 0 Å². The van der Waals surface area contributed by atoms with E-state index in [-0.39, 0.29) is 0 Å². The van der Waals surface area contributed by atoms with Gasteiger partial charge in [0.15, 0.2) is 0 Å². The minimum Gasteiger partial charge on any atom is -0.399 e. The first kappa shape index (κ1) is 16.4. The number of alkyl halides is 3. The van der Waals surface area contributed by atoms with Gasteiger partial charge in [0, 0.05) is 5.69 Å². The molecule has 0 unspecified atom stereocenters. The third-order valence-electron chi connectivity index (χ3n) is 3.25. The van der Waals surface area contributed by atoms with Crippen LogP contribution in [0.3, 0.4) is 0 Å². The Morgan fingerprint density at radius 1 is 0.955 bits per heavy atom. The number of benzene rings is 2. The molecule has 0 aliphatic heterocycles. The molecule has 0 heterocycles. The van der Waals surface area contributed by atoms with E-state index in [0.29, 0.717) is 24.1 Å². The molecule has 0 saturated carbocycles. The van der Waals surface area contributed by atoms with E-state index in [1.54, 1.807) is 18.2 Å². The topological polar surface area (TPSA) is 60.2 Å². The standard InChI is InChI=1S/C15H14F3NO2S/c16-15(17,18)22(20,21)13-6-3-4-11(10-13)8-9-12-5-1-2-7-14(12)19/h1-7,10H,8-9,19H2. The number of hydrogen-bond acceptors (Lipinski definition) is 3. The molecule has 0 aliphatic carbocycles. The number of rotatable bonds is 4. The number of para-hydroxylation sites is 1. The third-order valence-corrected chi connectivity index (χ3v) is 4.74. The molecule has 0 aliphatic rings. The van der Waals surface area contributed by atoms with Gasteiger partial charge in [-0.15, -0.1) is 0 Å². The van der Waals surface area contributed by atoms with Crippen LogP contribution in [0.25, 0.3) is 0 Å². The average Bonchev–Trinajstić information content (AvgIpc) is 2.45. The second-order valence-electron chi connectivity index (χ2n) is 4.80. The van der Waals surface area contributed by atoms with E-state index < -0.39 is 20.2 Å². The highest BCUT2D eigenvalue weighted by Gasteiger charge is 2.46. The smallest absolute Gasteiger partial charge is 0.399 e. The van der Waals surface area contributed by atoms with Gasteiger partial charge >= 0.3 is 5.51 Å². The summed E-state index contributed by atoms with van der Waals surface area (Å²) in [6, 6.07) is 12.1. The molecule has 2 aromatic rings. The molecule has 0 saturated heterocycles. The normalized spacial score (nSPS) is 12.3. The van der Waals surface area contributed by atoms with Gasteiger partial charge in [-0.25, -0.2) is 8.42 Å². The van der Waals surface area contributed by atoms with Crippen molar-refractivity contribution in [1.82, 2.24) is 0 Å². The van der Waals surface area contributed by atoms with Gasteiger partial charge in [-0.2, -0.15) is 13.2 Å². The van der Waals surface area contributed by atoms with Crippen LogP contribution in [-0.4, -0.2) is 13.9 Å². The van der Waals surface area contributed by atoms with Crippen LogP contribution < -0.4 is 5.73 Å². The number of halogens is 3. The van der Waals surface area contributed by atoms with Crippen LogP contribution in [-0.2, 0) is 22.7 Å². The Morgan fingerprint density at radius 2 is 1.64 bits per heavy atom. The maximum Gasteiger partial charge on any atom is 0.501 e. The van der Waals surface area contributed by atoms with Crippen LogP contribution in [0.2, 0.25) is 0 Å². The summed E-state index contributed by atoms with van der Waals surface area (Å²) in [5.74, 6) is 0. The predicted molar refractivity (Wildman–Crippen MR) is 77.9 cm³/mol. The molecule has 118 valence electrons. The summed E-state index contributed by atoms with van der Waals surface area (Å²) < 4.78 is 60.4. The van der Waals surface area contributed by atoms with E-state index >= 15 is 0 Å². The fourth-order valence-corrected chi connectivity index (χ4v) is 2.87.